The number of anilines is 2. The van der Waals surface area contributed by atoms with E-state index in [2.05, 4.69) is 30.7 Å². The minimum Gasteiger partial charge on any atom is -0.507 e. The average Bonchev–Trinajstić information content (AvgIpc) is 3.75. The van der Waals surface area contributed by atoms with E-state index in [1.165, 1.54) is 4.90 Å². The third-order valence-electron chi connectivity index (χ3n) is 10.1. The highest BCUT2D eigenvalue weighted by Gasteiger charge is 2.44. The number of nitrogen functional groups attached to an aromatic ring is 1. The van der Waals surface area contributed by atoms with Crippen LogP contribution >= 0.6 is 11.3 Å². The van der Waals surface area contributed by atoms with E-state index in [9.17, 15) is 24.6 Å². The van der Waals surface area contributed by atoms with Crippen molar-refractivity contribution >= 4 is 40.6 Å². The van der Waals surface area contributed by atoms with Crippen LogP contribution in [-0.4, -0.2) is 85.8 Å². The van der Waals surface area contributed by atoms with Gasteiger partial charge in [0, 0.05) is 44.6 Å². The lowest BCUT2D eigenvalue weighted by Gasteiger charge is -2.36. The van der Waals surface area contributed by atoms with Crippen molar-refractivity contribution in [3.8, 4) is 27.4 Å². The summed E-state index contributed by atoms with van der Waals surface area (Å²) in [4.78, 5) is 50.0. The number of para-hydroxylation sites is 1. The van der Waals surface area contributed by atoms with Crippen LogP contribution in [0.5, 0.6) is 5.75 Å². The Morgan fingerprint density at radius 3 is 2.43 bits per heavy atom. The van der Waals surface area contributed by atoms with Crippen LogP contribution in [0.4, 0.5) is 11.5 Å². The van der Waals surface area contributed by atoms with Crippen molar-refractivity contribution in [3.05, 3.63) is 71.4 Å². The number of hydrogen-bond donors (Lipinski definition) is 5. The van der Waals surface area contributed by atoms with Crippen molar-refractivity contribution in [1.82, 2.24) is 30.7 Å². The zero-order valence-corrected chi connectivity index (χ0v) is 31.4. The number of carbonyl (C=O) groups is 3. The van der Waals surface area contributed by atoms with Crippen LogP contribution in [0, 0.1) is 18.3 Å². The number of aryl methyl sites for hydroxylation is 1. The summed E-state index contributed by atoms with van der Waals surface area (Å²) in [5.41, 5.74) is 12.1. The van der Waals surface area contributed by atoms with Gasteiger partial charge in [-0.15, -0.1) is 21.5 Å². The number of rotatable bonds is 10. The van der Waals surface area contributed by atoms with E-state index in [-0.39, 0.29) is 55.3 Å². The molecule has 6 rings (SSSR count). The van der Waals surface area contributed by atoms with Gasteiger partial charge in [-0.2, -0.15) is 0 Å². The number of β-amino-alcohol motifs (C(OH)–C–C–N with tert-alkyl or cyclic N) is 1. The first-order valence-corrected chi connectivity index (χ1v) is 18.9. The predicted octanol–water partition coefficient (Wildman–Crippen LogP) is 4.28. The van der Waals surface area contributed by atoms with Crippen LogP contribution in [0.3, 0.4) is 0 Å². The van der Waals surface area contributed by atoms with Crippen LogP contribution in [0.15, 0.2) is 60.1 Å². The lowest BCUT2D eigenvalue weighted by molar-refractivity contribution is -0.144. The first kappa shape index (κ1) is 37.7. The number of amides is 3. The summed E-state index contributed by atoms with van der Waals surface area (Å²) in [5, 5.41) is 35.1. The van der Waals surface area contributed by atoms with Crippen LogP contribution in [0.1, 0.15) is 57.7 Å². The van der Waals surface area contributed by atoms with Crippen LogP contribution in [0.2, 0.25) is 0 Å². The summed E-state index contributed by atoms with van der Waals surface area (Å²) < 4.78 is 0. The molecule has 3 amide bonds. The SMILES string of the molecule is Cc1ncsc1-c1ccc(CNC(=O)[C@@H]2C[C@@H](O)CN2C(=O)C(NC(=O)CC2CCN(c3cc(-c4ccccc4O)nnc3N)CC2)C(C)(C)C)cc1. The topological polar surface area (TPSA) is 187 Å². The van der Waals surface area contributed by atoms with Crippen molar-refractivity contribution in [3.63, 3.8) is 0 Å². The van der Waals surface area contributed by atoms with Crippen molar-refractivity contribution in [1.29, 1.82) is 0 Å². The van der Waals surface area contributed by atoms with Crippen molar-refractivity contribution in [2.45, 2.75) is 78.1 Å². The number of nitrogens with zero attached hydrogens (tertiary/aromatic N) is 5. The third-order valence-corrected chi connectivity index (χ3v) is 11.1. The molecule has 2 saturated heterocycles. The number of thiazole rings is 1. The van der Waals surface area contributed by atoms with Crippen molar-refractivity contribution in [2.24, 2.45) is 11.3 Å². The Bertz CT molecular complexity index is 1940. The van der Waals surface area contributed by atoms with Gasteiger partial charge >= 0.3 is 0 Å². The molecule has 13 nitrogen and oxygen atoms in total. The number of likely N-dealkylation sites (tertiary alicyclic amines) is 1. The third kappa shape index (κ3) is 8.77. The molecule has 0 bridgehead atoms. The molecule has 4 heterocycles. The molecule has 2 aromatic heterocycles. The van der Waals surface area contributed by atoms with E-state index in [1.807, 2.05) is 69.6 Å². The molecule has 14 heteroatoms. The highest BCUT2D eigenvalue weighted by atomic mass is 32.1. The molecule has 0 radical (unpaired) electrons. The maximum atomic E-state index is 14.1. The van der Waals surface area contributed by atoms with Gasteiger partial charge in [0.25, 0.3) is 0 Å². The second-order valence-corrected chi connectivity index (χ2v) is 16.0. The number of piperidine rings is 1. The molecular formula is C39H48N8O5S. The molecule has 280 valence electrons. The number of phenolic OH excluding ortho intramolecular Hbond substituents is 1. The molecule has 2 aliphatic heterocycles. The van der Waals surface area contributed by atoms with E-state index < -0.39 is 23.6 Å². The lowest BCUT2D eigenvalue weighted by Crippen LogP contribution is -2.58. The zero-order chi connectivity index (χ0) is 37.9. The molecule has 6 N–H and O–H groups in total. The largest absolute Gasteiger partial charge is 0.507 e. The second-order valence-electron chi connectivity index (χ2n) is 15.1. The highest BCUT2D eigenvalue weighted by molar-refractivity contribution is 7.13. The van der Waals surface area contributed by atoms with Crippen molar-refractivity contribution < 1.29 is 24.6 Å². The molecule has 1 unspecified atom stereocenters. The van der Waals surface area contributed by atoms with Gasteiger partial charge in [0.2, 0.25) is 17.7 Å². The average molecular weight is 741 g/mol. The molecule has 0 aliphatic carbocycles. The van der Waals surface area contributed by atoms with E-state index in [0.29, 0.717) is 30.2 Å². The van der Waals surface area contributed by atoms with Crippen LogP contribution in [0.25, 0.3) is 21.7 Å². The second kappa shape index (κ2) is 15.9. The fraction of sp³-hybridized carbons (Fsp3) is 0.436. The minimum atomic E-state index is -0.894. The summed E-state index contributed by atoms with van der Waals surface area (Å²) in [7, 11) is 0. The van der Waals surface area contributed by atoms with Gasteiger partial charge in [-0.3, -0.25) is 14.4 Å². The summed E-state index contributed by atoms with van der Waals surface area (Å²) in [6.45, 7) is 9.19. The Morgan fingerprint density at radius 2 is 1.77 bits per heavy atom. The number of hydrogen-bond acceptors (Lipinski definition) is 11. The van der Waals surface area contributed by atoms with Gasteiger partial charge in [0.15, 0.2) is 5.82 Å². The summed E-state index contributed by atoms with van der Waals surface area (Å²) in [6, 6.07) is 14.9. The van der Waals surface area contributed by atoms with Gasteiger partial charge in [0.05, 0.1) is 33.6 Å². The number of aliphatic hydroxyl groups excluding tert-OH is 1. The molecule has 3 atom stereocenters. The number of aromatic hydroxyl groups is 1. The quantitative estimate of drug-likeness (QED) is 0.157. The lowest BCUT2D eigenvalue weighted by atomic mass is 9.85. The molecule has 2 aromatic carbocycles. The number of aromatic nitrogens is 3. The number of benzene rings is 2. The summed E-state index contributed by atoms with van der Waals surface area (Å²) in [6.07, 6.45) is 0.967. The normalized spacial score (nSPS) is 18.5. The number of nitrogens with one attached hydrogen (secondary N) is 2. The fourth-order valence-electron chi connectivity index (χ4n) is 7.11. The summed E-state index contributed by atoms with van der Waals surface area (Å²) in [5.74, 6) is -0.482. The maximum Gasteiger partial charge on any atom is 0.246 e. The van der Waals surface area contributed by atoms with Gasteiger partial charge < -0.3 is 36.4 Å². The summed E-state index contributed by atoms with van der Waals surface area (Å²) >= 11 is 1.58. The molecule has 4 aromatic rings. The van der Waals surface area contributed by atoms with E-state index >= 15 is 0 Å². The van der Waals surface area contributed by atoms with Crippen molar-refractivity contribution in [2.75, 3.05) is 30.3 Å². The number of carbonyl (C=O) groups excluding carboxylic acids is 3. The Labute approximate surface area is 313 Å². The first-order chi connectivity index (χ1) is 25.3. The Hall–Kier alpha value is -5.08. The molecular weight excluding hydrogens is 693 g/mol. The zero-order valence-electron chi connectivity index (χ0n) is 30.6. The number of nitrogens with two attached hydrogens (primary N) is 1. The highest BCUT2D eigenvalue weighted by Crippen LogP contribution is 2.34. The van der Waals surface area contributed by atoms with E-state index in [4.69, 9.17) is 5.73 Å². The monoisotopic (exact) mass is 740 g/mol. The molecule has 2 fully saturated rings. The smallest absolute Gasteiger partial charge is 0.246 e. The number of aliphatic hydroxyl groups is 1. The Morgan fingerprint density at radius 1 is 1.06 bits per heavy atom. The molecule has 0 spiro atoms. The predicted molar refractivity (Wildman–Crippen MR) is 205 cm³/mol. The molecule has 0 saturated carbocycles. The molecule has 2 aliphatic rings. The van der Waals surface area contributed by atoms with E-state index in [1.54, 1.807) is 29.5 Å². The fourth-order valence-corrected chi connectivity index (χ4v) is 7.92. The Balaban J connectivity index is 1.04. The maximum absolute atomic E-state index is 14.1. The van der Waals surface area contributed by atoms with Gasteiger partial charge in [-0.05, 0) is 60.4 Å². The minimum absolute atomic E-state index is 0.0132. The van der Waals surface area contributed by atoms with Crippen LogP contribution < -0.4 is 21.3 Å². The number of phenols is 1. The van der Waals surface area contributed by atoms with Crippen LogP contribution in [-0.2, 0) is 20.9 Å². The van der Waals surface area contributed by atoms with Gasteiger partial charge in [-0.25, -0.2) is 4.98 Å². The van der Waals surface area contributed by atoms with E-state index in [0.717, 1.165) is 40.2 Å². The van der Waals surface area contributed by atoms with Gasteiger partial charge in [0.1, 0.15) is 17.8 Å². The standard InChI is InChI=1S/C39H48N8O5S/c1-23-34(53-22-42-23)26-11-9-25(10-12-26)20-41-37(51)31-18-27(48)21-47(31)38(52)35(39(2,3)4)43-33(50)17-24-13-15-46(16-14-24)30-19-29(44-45-36(30)40)28-7-5-6-8-32(28)49/h5-12,19,22,24,27,31,35,48-49H,13-18,20-21H2,1-4H3,(H2,40,45)(H,41,51)(H,43,50)/t27-,31+,35?/m1/s1. The Kier molecular flexibility index (Phi) is 11.3. The van der Waals surface area contributed by atoms with Gasteiger partial charge in [-0.1, -0.05) is 57.2 Å². The first-order valence-electron chi connectivity index (χ1n) is 18.0. The molecule has 53 heavy (non-hydrogen) atoms.